The average Bonchev–Trinajstić information content (AvgIpc) is 3.45. The normalized spacial score (nSPS) is 21.3. The van der Waals surface area contributed by atoms with E-state index in [0.717, 1.165) is 19.3 Å². The second kappa shape index (κ2) is 8.21. The van der Waals surface area contributed by atoms with Crippen molar-refractivity contribution in [1.82, 2.24) is 19.5 Å². The van der Waals surface area contributed by atoms with Gasteiger partial charge in [-0.05, 0) is 24.5 Å². The lowest BCUT2D eigenvalue weighted by Gasteiger charge is -2.18. The number of hydrogen-bond acceptors (Lipinski definition) is 8. The number of imidazole rings is 1. The van der Waals surface area contributed by atoms with E-state index in [4.69, 9.17) is 9.15 Å². The highest BCUT2D eigenvalue weighted by atomic mass is 16.5. The lowest BCUT2D eigenvalue weighted by atomic mass is 10.2. The fourth-order valence-electron chi connectivity index (χ4n) is 3.24. The number of aliphatic hydroxyl groups is 2. The molecule has 3 aromatic rings. The fraction of sp³-hybridized carbons (Fsp3) is 0.450. The van der Waals surface area contributed by atoms with E-state index in [1.807, 2.05) is 0 Å². The fourth-order valence-corrected chi connectivity index (χ4v) is 3.24. The molecule has 1 aliphatic heterocycles. The number of nitrogens with one attached hydrogen (secondary N) is 1. The minimum Gasteiger partial charge on any atom is -0.461 e. The Hall–Kier alpha value is -2.93. The van der Waals surface area contributed by atoms with Crippen molar-refractivity contribution in [3.8, 4) is 23.4 Å². The van der Waals surface area contributed by atoms with Crippen LogP contribution in [-0.2, 0) is 4.74 Å². The SMILES string of the molecule is CCCCC#Cc1nc(NC)c2nc(-c3ccco3)n([C@H]3OC[C@@H](O)[C@H]3O)c2n1. The highest BCUT2D eigenvalue weighted by molar-refractivity contribution is 5.86. The average molecular weight is 397 g/mol. The minimum atomic E-state index is -1.13. The van der Waals surface area contributed by atoms with Gasteiger partial charge in [0.1, 0.15) is 12.2 Å². The van der Waals surface area contributed by atoms with Crippen LogP contribution in [0.2, 0.25) is 0 Å². The van der Waals surface area contributed by atoms with Gasteiger partial charge in [0.25, 0.3) is 0 Å². The predicted octanol–water partition coefficient (Wildman–Crippen LogP) is 1.92. The van der Waals surface area contributed by atoms with E-state index in [1.54, 1.807) is 23.7 Å². The molecule has 1 aliphatic rings. The summed E-state index contributed by atoms with van der Waals surface area (Å²) in [6.45, 7) is 2.12. The summed E-state index contributed by atoms with van der Waals surface area (Å²) in [5.74, 6) is 7.84. The van der Waals surface area contributed by atoms with Crippen molar-refractivity contribution in [2.75, 3.05) is 19.0 Å². The first kappa shape index (κ1) is 19.4. The summed E-state index contributed by atoms with van der Waals surface area (Å²) in [6, 6.07) is 3.50. The van der Waals surface area contributed by atoms with Gasteiger partial charge in [0, 0.05) is 13.5 Å². The van der Waals surface area contributed by atoms with Crippen molar-refractivity contribution >= 4 is 17.0 Å². The first-order valence-corrected chi connectivity index (χ1v) is 9.62. The van der Waals surface area contributed by atoms with Crippen LogP contribution in [0, 0.1) is 11.8 Å². The Morgan fingerprint density at radius 3 is 2.83 bits per heavy atom. The summed E-state index contributed by atoms with van der Waals surface area (Å²) >= 11 is 0. The Kier molecular flexibility index (Phi) is 5.49. The van der Waals surface area contributed by atoms with Gasteiger partial charge in [-0.15, -0.1) is 0 Å². The number of unbranched alkanes of at least 4 members (excludes halogenated alkanes) is 2. The molecule has 0 radical (unpaired) electrons. The van der Waals surface area contributed by atoms with E-state index < -0.39 is 18.4 Å². The first-order chi connectivity index (χ1) is 14.1. The highest BCUT2D eigenvalue weighted by Gasteiger charge is 2.39. The van der Waals surface area contributed by atoms with Gasteiger partial charge in [-0.3, -0.25) is 4.57 Å². The number of rotatable bonds is 5. The molecule has 3 atom stereocenters. The topological polar surface area (TPSA) is 118 Å². The lowest BCUT2D eigenvalue weighted by Crippen LogP contribution is -2.28. The van der Waals surface area contributed by atoms with Crippen molar-refractivity contribution in [2.24, 2.45) is 0 Å². The molecule has 0 bridgehead atoms. The van der Waals surface area contributed by atoms with E-state index in [1.165, 1.54) is 6.26 Å². The number of anilines is 1. The van der Waals surface area contributed by atoms with Gasteiger partial charge in [-0.2, -0.15) is 0 Å². The number of aromatic nitrogens is 4. The zero-order chi connectivity index (χ0) is 20.4. The molecule has 3 aromatic heterocycles. The van der Waals surface area contributed by atoms with Crippen molar-refractivity contribution in [3.05, 3.63) is 24.2 Å². The van der Waals surface area contributed by atoms with Crippen LogP contribution < -0.4 is 5.32 Å². The second-order valence-corrected chi connectivity index (χ2v) is 6.79. The van der Waals surface area contributed by atoms with E-state index in [-0.39, 0.29) is 6.61 Å². The molecule has 4 rings (SSSR count). The van der Waals surface area contributed by atoms with Crippen LogP contribution in [0.25, 0.3) is 22.7 Å². The van der Waals surface area contributed by atoms with Gasteiger partial charge in [-0.25, -0.2) is 15.0 Å². The molecule has 1 saturated heterocycles. The summed E-state index contributed by atoms with van der Waals surface area (Å²) in [4.78, 5) is 13.7. The Bertz CT molecular complexity index is 1050. The van der Waals surface area contributed by atoms with Crippen LogP contribution in [0.15, 0.2) is 22.8 Å². The van der Waals surface area contributed by atoms with E-state index in [0.29, 0.717) is 34.4 Å². The quantitative estimate of drug-likeness (QED) is 0.441. The summed E-state index contributed by atoms with van der Waals surface area (Å²) in [5.41, 5.74) is 0.934. The summed E-state index contributed by atoms with van der Waals surface area (Å²) in [7, 11) is 1.74. The lowest BCUT2D eigenvalue weighted by molar-refractivity contribution is -0.0154. The zero-order valence-electron chi connectivity index (χ0n) is 16.3. The molecule has 3 N–H and O–H groups in total. The van der Waals surface area contributed by atoms with Crippen LogP contribution >= 0.6 is 0 Å². The van der Waals surface area contributed by atoms with Crippen molar-refractivity contribution < 1.29 is 19.4 Å². The number of fused-ring (bicyclic) bond motifs is 1. The van der Waals surface area contributed by atoms with Crippen molar-refractivity contribution in [2.45, 2.75) is 44.6 Å². The predicted molar refractivity (Wildman–Crippen MR) is 106 cm³/mol. The Labute approximate surface area is 167 Å². The van der Waals surface area contributed by atoms with Crippen molar-refractivity contribution in [3.63, 3.8) is 0 Å². The molecule has 0 spiro atoms. The molecule has 0 saturated carbocycles. The largest absolute Gasteiger partial charge is 0.461 e. The first-order valence-electron chi connectivity index (χ1n) is 9.62. The minimum absolute atomic E-state index is 0.0107. The third-order valence-corrected chi connectivity index (χ3v) is 4.75. The molecule has 29 heavy (non-hydrogen) atoms. The molecule has 0 amide bonds. The third kappa shape index (κ3) is 3.58. The summed E-state index contributed by atoms with van der Waals surface area (Å²) < 4.78 is 12.8. The Morgan fingerprint density at radius 2 is 2.17 bits per heavy atom. The molecular weight excluding hydrogens is 374 g/mol. The van der Waals surface area contributed by atoms with Gasteiger partial charge in [0.15, 0.2) is 34.8 Å². The molecule has 0 aromatic carbocycles. The van der Waals surface area contributed by atoms with E-state index in [9.17, 15) is 10.2 Å². The molecule has 152 valence electrons. The van der Waals surface area contributed by atoms with Gasteiger partial charge >= 0.3 is 0 Å². The number of hydrogen-bond donors (Lipinski definition) is 3. The van der Waals surface area contributed by atoms with E-state index >= 15 is 0 Å². The van der Waals surface area contributed by atoms with Gasteiger partial charge in [0.05, 0.1) is 12.9 Å². The number of aliphatic hydroxyl groups excluding tert-OH is 2. The summed E-state index contributed by atoms with van der Waals surface area (Å²) in [5, 5.41) is 23.5. The van der Waals surface area contributed by atoms with Gasteiger partial charge in [0.2, 0.25) is 5.82 Å². The number of nitrogens with zero attached hydrogens (tertiary/aromatic N) is 4. The van der Waals surface area contributed by atoms with Crippen molar-refractivity contribution in [1.29, 1.82) is 0 Å². The Balaban J connectivity index is 1.90. The van der Waals surface area contributed by atoms with E-state index in [2.05, 4.69) is 39.0 Å². The maximum absolute atomic E-state index is 10.5. The molecule has 1 fully saturated rings. The molecule has 9 nitrogen and oxygen atoms in total. The monoisotopic (exact) mass is 397 g/mol. The smallest absolute Gasteiger partial charge is 0.208 e. The van der Waals surface area contributed by atoms with Crippen LogP contribution in [0.1, 0.15) is 38.2 Å². The maximum Gasteiger partial charge on any atom is 0.208 e. The Morgan fingerprint density at radius 1 is 1.31 bits per heavy atom. The summed E-state index contributed by atoms with van der Waals surface area (Å²) in [6.07, 6.45) is 1.38. The van der Waals surface area contributed by atoms with Crippen LogP contribution in [0.5, 0.6) is 0 Å². The highest BCUT2D eigenvalue weighted by Crippen LogP contribution is 2.35. The number of furan rings is 1. The standard InChI is InChI=1S/C20H23N5O4/c1-3-4-5-6-9-14-22-17(21-2)15-19(23-14)25(20-16(27)12(26)11-29-20)18(24-15)13-8-7-10-28-13/h7-8,10,12,16,20,26-27H,3-5,11H2,1-2H3,(H,21,22,23)/t12-,16-,20+/m1/s1. The van der Waals surface area contributed by atoms with Gasteiger partial charge < -0.3 is 24.7 Å². The molecule has 9 heteroatoms. The second-order valence-electron chi connectivity index (χ2n) is 6.79. The zero-order valence-corrected chi connectivity index (χ0v) is 16.3. The molecule has 4 heterocycles. The molecular formula is C20H23N5O4. The van der Waals surface area contributed by atoms with Crippen LogP contribution in [-0.4, -0.2) is 55.6 Å². The molecule has 0 aliphatic carbocycles. The number of ether oxygens (including phenoxy) is 1. The van der Waals surface area contributed by atoms with Crippen LogP contribution in [0.3, 0.4) is 0 Å². The molecule has 0 unspecified atom stereocenters. The van der Waals surface area contributed by atoms with Gasteiger partial charge in [-0.1, -0.05) is 19.3 Å². The van der Waals surface area contributed by atoms with Crippen LogP contribution in [0.4, 0.5) is 5.82 Å². The third-order valence-electron chi connectivity index (χ3n) is 4.75. The maximum atomic E-state index is 10.5.